The maximum absolute atomic E-state index is 12.1. The van der Waals surface area contributed by atoms with Gasteiger partial charge in [-0.3, -0.25) is 4.79 Å². The van der Waals surface area contributed by atoms with E-state index in [0.717, 1.165) is 35.4 Å². The fraction of sp³-hybridized carbons (Fsp3) is 0.333. The van der Waals surface area contributed by atoms with Crippen LogP contribution >= 0.6 is 0 Å². The van der Waals surface area contributed by atoms with Gasteiger partial charge in [-0.2, -0.15) is 0 Å². The van der Waals surface area contributed by atoms with Crippen LogP contribution in [-0.4, -0.2) is 11.1 Å². The van der Waals surface area contributed by atoms with Crippen LogP contribution in [0.25, 0.3) is 0 Å². The molecule has 1 aliphatic rings. The number of amides is 1. The molecule has 4 nitrogen and oxygen atoms in total. The molecule has 19 heavy (non-hydrogen) atoms. The van der Waals surface area contributed by atoms with E-state index in [0.29, 0.717) is 11.6 Å². The number of rotatable bonds is 3. The third kappa shape index (κ3) is 2.67. The Kier molecular flexibility index (Phi) is 2.85. The molecule has 3 rings (SSSR count). The average Bonchev–Trinajstić information content (AvgIpc) is 3.05. The summed E-state index contributed by atoms with van der Waals surface area (Å²) in [6.07, 6.45) is 2.26. The predicted octanol–water partition coefficient (Wildman–Crippen LogP) is 3.42. The first-order valence-electron chi connectivity index (χ1n) is 6.48. The molecule has 0 bridgehead atoms. The second kappa shape index (κ2) is 4.53. The lowest BCUT2D eigenvalue weighted by molar-refractivity contribution is 0.101. The third-order valence-electron chi connectivity index (χ3n) is 3.22. The van der Waals surface area contributed by atoms with Crippen molar-refractivity contribution < 1.29 is 9.32 Å². The van der Waals surface area contributed by atoms with Crippen LogP contribution in [0.3, 0.4) is 0 Å². The fourth-order valence-electron chi connectivity index (χ4n) is 2.20. The minimum atomic E-state index is -0.222. The Balaban J connectivity index is 1.75. The number of nitrogens with one attached hydrogen (secondary N) is 1. The molecular formula is C15H16N2O2. The summed E-state index contributed by atoms with van der Waals surface area (Å²) in [5.74, 6) is 1.07. The third-order valence-corrected chi connectivity index (χ3v) is 3.22. The molecular weight excluding hydrogens is 240 g/mol. The van der Waals surface area contributed by atoms with Crippen LogP contribution in [0.15, 0.2) is 28.8 Å². The second-order valence-electron chi connectivity index (χ2n) is 5.22. The molecule has 1 saturated carbocycles. The zero-order valence-corrected chi connectivity index (χ0v) is 11.1. The summed E-state index contributed by atoms with van der Waals surface area (Å²) in [5.41, 5.74) is 3.38. The van der Waals surface area contributed by atoms with Crippen LogP contribution in [0.1, 0.15) is 46.1 Å². The predicted molar refractivity (Wildman–Crippen MR) is 72.3 cm³/mol. The summed E-state index contributed by atoms with van der Waals surface area (Å²) in [5, 5.41) is 6.68. The van der Waals surface area contributed by atoms with E-state index in [9.17, 15) is 4.79 Å². The van der Waals surface area contributed by atoms with Gasteiger partial charge in [-0.05, 0) is 49.9 Å². The first-order chi connectivity index (χ1) is 9.11. The zero-order chi connectivity index (χ0) is 13.4. The minimum absolute atomic E-state index is 0.222. The lowest BCUT2D eigenvalue weighted by Crippen LogP contribution is -2.12. The normalized spacial score (nSPS) is 14.4. The first-order valence-corrected chi connectivity index (χ1v) is 6.48. The quantitative estimate of drug-likeness (QED) is 0.915. The zero-order valence-electron chi connectivity index (χ0n) is 11.1. The van der Waals surface area contributed by atoms with Gasteiger partial charge >= 0.3 is 0 Å². The van der Waals surface area contributed by atoms with Crippen LogP contribution in [0.4, 0.5) is 5.69 Å². The molecule has 1 heterocycles. The number of anilines is 1. The number of nitrogens with zero attached hydrogens (tertiary/aromatic N) is 1. The molecule has 0 aliphatic heterocycles. The van der Waals surface area contributed by atoms with Crippen molar-refractivity contribution in [2.45, 2.75) is 32.6 Å². The van der Waals surface area contributed by atoms with Gasteiger partial charge in [0.15, 0.2) is 5.69 Å². The average molecular weight is 256 g/mol. The molecule has 1 N–H and O–H groups in total. The van der Waals surface area contributed by atoms with Gasteiger partial charge < -0.3 is 9.84 Å². The molecule has 1 aliphatic carbocycles. The molecule has 2 aromatic rings. The van der Waals surface area contributed by atoms with Crippen molar-refractivity contribution in [1.82, 2.24) is 5.16 Å². The highest BCUT2D eigenvalue weighted by atomic mass is 16.5. The molecule has 0 spiro atoms. The number of hydrogen-bond donors (Lipinski definition) is 1. The standard InChI is InChI=1S/C15H16N2O2/c1-9-5-10(2)7-12(6-9)16-15(18)13-8-14(19-17-13)11-3-4-11/h5-8,11H,3-4H2,1-2H3,(H,16,18). The first kappa shape index (κ1) is 12.0. The highest BCUT2D eigenvalue weighted by Crippen LogP contribution is 2.40. The van der Waals surface area contributed by atoms with Crippen LogP contribution in [0.5, 0.6) is 0 Å². The summed E-state index contributed by atoms with van der Waals surface area (Å²) in [6.45, 7) is 4.01. The molecule has 98 valence electrons. The maximum atomic E-state index is 12.1. The summed E-state index contributed by atoms with van der Waals surface area (Å²) in [7, 11) is 0. The van der Waals surface area contributed by atoms with Crippen molar-refractivity contribution in [3.8, 4) is 0 Å². The van der Waals surface area contributed by atoms with Gasteiger partial charge in [-0.1, -0.05) is 11.2 Å². The van der Waals surface area contributed by atoms with Gasteiger partial charge in [0, 0.05) is 17.7 Å². The van der Waals surface area contributed by atoms with E-state index < -0.39 is 0 Å². The Bertz CT molecular complexity index is 607. The van der Waals surface area contributed by atoms with E-state index in [2.05, 4.69) is 16.5 Å². The fourth-order valence-corrected chi connectivity index (χ4v) is 2.20. The highest BCUT2D eigenvalue weighted by molar-refractivity contribution is 6.02. The number of hydrogen-bond acceptors (Lipinski definition) is 3. The van der Waals surface area contributed by atoms with Crippen LogP contribution in [0, 0.1) is 13.8 Å². The molecule has 1 aromatic carbocycles. The topological polar surface area (TPSA) is 55.1 Å². The smallest absolute Gasteiger partial charge is 0.277 e. The summed E-state index contributed by atoms with van der Waals surface area (Å²) < 4.78 is 5.18. The van der Waals surface area contributed by atoms with Gasteiger partial charge in [0.05, 0.1) is 0 Å². The van der Waals surface area contributed by atoms with E-state index in [1.54, 1.807) is 6.07 Å². The Labute approximate surface area is 111 Å². The number of aromatic nitrogens is 1. The lowest BCUT2D eigenvalue weighted by Gasteiger charge is -2.05. The van der Waals surface area contributed by atoms with Gasteiger partial charge in [-0.15, -0.1) is 0 Å². The highest BCUT2D eigenvalue weighted by Gasteiger charge is 2.28. The molecule has 1 aromatic heterocycles. The summed E-state index contributed by atoms with van der Waals surface area (Å²) in [6, 6.07) is 7.69. The lowest BCUT2D eigenvalue weighted by atomic mass is 10.1. The van der Waals surface area contributed by atoms with E-state index in [4.69, 9.17) is 4.52 Å². The van der Waals surface area contributed by atoms with Crippen molar-refractivity contribution in [1.29, 1.82) is 0 Å². The summed E-state index contributed by atoms with van der Waals surface area (Å²) >= 11 is 0. The Hall–Kier alpha value is -2.10. The van der Waals surface area contributed by atoms with Gasteiger partial charge in [0.2, 0.25) is 0 Å². The van der Waals surface area contributed by atoms with E-state index in [1.807, 2.05) is 26.0 Å². The molecule has 0 atom stereocenters. The molecule has 1 fully saturated rings. The number of carbonyl (C=O) groups is 1. The van der Waals surface area contributed by atoms with E-state index in [1.165, 1.54) is 0 Å². The molecule has 0 unspecified atom stereocenters. The Morgan fingerprint density at radius 2 is 1.89 bits per heavy atom. The largest absolute Gasteiger partial charge is 0.360 e. The SMILES string of the molecule is Cc1cc(C)cc(NC(=O)c2cc(C3CC3)on2)c1. The van der Waals surface area contributed by atoms with Crippen molar-refractivity contribution >= 4 is 11.6 Å². The second-order valence-corrected chi connectivity index (χ2v) is 5.22. The molecule has 0 saturated heterocycles. The van der Waals surface area contributed by atoms with E-state index in [-0.39, 0.29) is 5.91 Å². The van der Waals surface area contributed by atoms with Crippen LogP contribution < -0.4 is 5.32 Å². The number of carbonyl (C=O) groups excluding carboxylic acids is 1. The van der Waals surface area contributed by atoms with Crippen molar-refractivity contribution in [3.63, 3.8) is 0 Å². The Morgan fingerprint density at radius 3 is 2.53 bits per heavy atom. The monoisotopic (exact) mass is 256 g/mol. The van der Waals surface area contributed by atoms with Gasteiger partial charge in [0.1, 0.15) is 5.76 Å². The minimum Gasteiger partial charge on any atom is -0.360 e. The molecule has 0 radical (unpaired) electrons. The van der Waals surface area contributed by atoms with Gasteiger partial charge in [0.25, 0.3) is 5.91 Å². The van der Waals surface area contributed by atoms with Crippen molar-refractivity contribution in [3.05, 3.63) is 46.8 Å². The number of aryl methyl sites for hydroxylation is 2. The molecule has 4 heteroatoms. The van der Waals surface area contributed by atoms with Crippen molar-refractivity contribution in [2.75, 3.05) is 5.32 Å². The van der Waals surface area contributed by atoms with Gasteiger partial charge in [-0.25, -0.2) is 0 Å². The van der Waals surface area contributed by atoms with E-state index >= 15 is 0 Å². The van der Waals surface area contributed by atoms with Crippen molar-refractivity contribution in [2.24, 2.45) is 0 Å². The Morgan fingerprint density at radius 1 is 1.21 bits per heavy atom. The number of benzene rings is 1. The maximum Gasteiger partial charge on any atom is 0.277 e. The molecule has 1 amide bonds. The summed E-state index contributed by atoms with van der Waals surface area (Å²) in [4.78, 5) is 12.1. The van der Waals surface area contributed by atoms with Crippen LogP contribution in [0.2, 0.25) is 0 Å². The van der Waals surface area contributed by atoms with Crippen LogP contribution in [-0.2, 0) is 0 Å².